The number of fused-ring (bicyclic) bond motifs is 4. The Morgan fingerprint density at radius 3 is 2.21 bits per heavy atom. The molecule has 7 rings (SSSR count). The van der Waals surface area contributed by atoms with E-state index < -0.39 is 12.2 Å². The van der Waals surface area contributed by atoms with Crippen LogP contribution in [0.3, 0.4) is 0 Å². The molecule has 14 nitrogen and oxygen atoms in total. The zero-order chi connectivity index (χ0) is 40.6. The van der Waals surface area contributed by atoms with Crippen LogP contribution < -0.4 is 10.6 Å². The van der Waals surface area contributed by atoms with Gasteiger partial charge in [-0.25, -0.2) is 19.6 Å². The molecule has 1 fully saturated rings. The Bertz CT molecular complexity index is 2380. The first-order chi connectivity index (χ1) is 27.7. The largest absolute Gasteiger partial charge is 0.453 e. The van der Waals surface area contributed by atoms with Crippen molar-refractivity contribution < 1.29 is 28.7 Å². The van der Waals surface area contributed by atoms with Crippen molar-refractivity contribution in [1.82, 2.24) is 40.4 Å². The van der Waals surface area contributed by atoms with E-state index in [4.69, 9.17) is 4.98 Å². The molecule has 4 N–H and O–H groups in total. The number of nitrogens with one attached hydrogen (secondary N) is 4. The van der Waals surface area contributed by atoms with Crippen LogP contribution in [0.1, 0.15) is 64.6 Å². The number of rotatable bonds is 12. The fraction of sp³-hybridized carbons (Fsp3) is 0.381. The molecule has 1 saturated heterocycles. The number of amides is 4. The van der Waals surface area contributed by atoms with Crippen LogP contribution in [0.4, 0.5) is 9.59 Å². The van der Waals surface area contributed by atoms with Gasteiger partial charge in [-0.2, -0.15) is 0 Å². The van der Waals surface area contributed by atoms with E-state index in [0.29, 0.717) is 25.5 Å². The number of thiophene rings is 1. The molecule has 1 aliphatic rings. The maximum atomic E-state index is 13.1. The van der Waals surface area contributed by atoms with Gasteiger partial charge in [0.15, 0.2) is 0 Å². The van der Waals surface area contributed by atoms with Crippen LogP contribution in [-0.4, -0.2) is 94.1 Å². The molecule has 6 aromatic rings. The molecule has 15 heteroatoms. The van der Waals surface area contributed by atoms with Crippen molar-refractivity contribution in [2.24, 2.45) is 5.92 Å². The summed E-state index contributed by atoms with van der Waals surface area (Å²) in [6, 6.07) is 18.9. The number of ether oxygens (including phenoxy) is 2. The number of aromatic amines is 2. The normalized spacial score (nSPS) is 15.0. The third kappa shape index (κ3) is 8.88. The number of nitrogens with zero attached hydrogens (tertiary/aromatic N) is 4. The average molecular weight is 795 g/mol. The summed E-state index contributed by atoms with van der Waals surface area (Å²) in [5.41, 5.74) is 5.71. The van der Waals surface area contributed by atoms with Gasteiger partial charge in [0.05, 0.1) is 49.7 Å². The molecule has 4 amide bonds. The lowest BCUT2D eigenvalue weighted by Crippen LogP contribution is -2.40. The molecule has 0 unspecified atom stereocenters. The number of carbonyl (C=O) groups excluding carboxylic acids is 4. The predicted molar refractivity (Wildman–Crippen MR) is 223 cm³/mol. The molecule has 4 heterocycles. The maximum absolute atomic E-state index is 13.1. The number of hydrogen-bond donors (Lipinski definition) is 4. The fourth-order valence-corrected chi connectivity index (χ4v) is 8.58. The number of alkyl carbamates (subject to hydrolysis) is 2. The Morgan fingerprint density at radius 2 is 1.53 bits per heavy atom. The minimum atomic E-state index is -0.648. The number of H-pyrrole nitrogens is 2. The first-order valence-corrected chi connectivity index (χ1v) is 20.2. The van der Waals surface area contributed by atoms with Gasteiger partial charge in [-0.15, -0.1) is 11.3 Å². The molecule has 300 valence electrons. The molecular formula is C42H50N8O6S. The molecule has 2 atom stereocenters. The van der Waals surface area contributed by atoms with Crippen molar-refractivity contribution >= 4 is 66.5 Å². The number of imidazole rings is 2. The summed E-state index contributed by atoms with van der Waals surface area (Å²) < 4.78 is 11.5. The van der Waals surface area contributed by atoms with Crippen molar-refractivity contribution in [2.75, 3.05) is 40.4 Å². The monoisotopic (exact) mass is 794 g/mol. The van der Waals surface area contributed by atoms with Crippen LogP contribution in [0.25, 0.3) is 53.6 Å². The molecule has 3 aromatic carbocycles. The second-order valence-corrected chi connectivity index (χ2v) is 14.7. The lowest BCUT2D eigenvalue weighted by molar-refractivity contribution is -0.132. The number of aromatic nitrogens is 4. The Morgan fingerprint density at radius 1 is 0.877 bits per heavy atom. The summed E-state index contributed by atoms with van der Waals surface area (Å²) in [5, 5.41) is 7.31. The minimum Gasteiger partial charge on any atom is -0.453 e. The van der Waals surface area contributed by atoms with Gasteiger partial charge in [0.1, 0.15) is 24.7 Å². The highest BCUT2D eigenvalue weighted by Gasteiger charge is 2.39. The van der Waals surface area contributed by atoms with Crippen molar-refractivity contribution in [1.29, 1.82) is 0 Å². The van der Waals surface area contributed by atoms with E-state index in [-0.39, 0.29) is 36.9 Å². The summed E-state index contributed by atoms with van der Waals surface area (Å²) in [6.45, 7) is 9.27. The zero-order valence-corrected chi connectivity index (χ0v) is 34.0. The van der Waals surface area contributed by atoms with Crippen molar-refractivity contribution in [3.05, 3.63) is 72.4 Å². The molecule has 0 radical (unpaired) electrons. The van der Waals surface area contributed by atoms with Gasteiger partial charge >= 0.3 is 12.2 Å². The second-order valence-electron chi connectivity index (χ2n) is 13.6. The smallest absolute Gasteiger partial charge is 0.407 e. The topological polar surface area (TPSA) is 175 Å². The second kappa shape index (κ2) is 18.3. The van der Waals surface area contributed by atoms with Crippen LogP contribution in [0.15, 0.2) is 60.8 Å². The third-order valence-electron chi connectivity index (χ3n) is 10.2. The first kappa shape index (κ1) is 40.7. The minimum absolute atomic E-state index is 0.128. The lowest BCUT2D eigenvalue weighted by atomic mass is 9.97. The summed E-state index contributed by atoms with van der Waals surface area (Å²) in [4.78, 5) is 68.8. The average Bonchev–Trinajstić information content (AvgIpc) is 4.05. The van der Waals surface area contributed by atoms with Gasteiger partial charge < -0.3 is 39.9 Å². The van der Waals surface area contributed by atoms with Crippen LogP contribution >= 0.6 is 11.3 Å². The van der Waals surface area contributed by atoms with Gasteiger partial charge in [0.25, 0.3) is 0 Å². The van der Waals surface area contributed by atoms with E-state index in [9.17, 15) is 19.2 Å². The van der Waals surface area contributed by atoms with E-state index in [0.717, 1.165) is 63.2 Å². The van der Waals surface area contributed by atoms with Gasteiger partial charge in [-0.3, -0.25) is 9.59 Å². The molecule has 1 aliphatic heterocycles. The van der Waals surface area contributed by atoms with Crippen LogP contribution in [-0.2, 0) is 25.6 Å². The summed E-state index contributed by atoms with van der Waals surface area (Å²) in [6.07, 6.45) is 3.04. The molecule has 0 spiro atoms. The highest BCUT2D eigenvalue weighted by molar-refractivity contribution is 7.25. The van der Waals surface area contributed by atoms with Crippen LogP contribution in [0.2, 0.25) is 0 Å². The van der Waals surface area contributed by atoms with Gasteiger partial charge in [-0.05, 0) is 54.2 Å². The molecule has 0 aliphatic carbocycles. The Hall–Kier alpha value is -5.96. The van der Waals surface area contributed by atoms with E-state index in [1.807, 2.05) is 31.7 Å². The summed E-state index contributed by atoms with van der Waals surface area (Å²) >= 11 is 1.73. The van der Waals surface area contributed by atoms with E-state index >= 15 is 0 Å². The summed E-state index contributed by atoms with van der Waals surface area (Å²) in [7, 11) is 2.54. The fourth-order valence-electron chi connectivity index (χ4n) is 7.39. The van der Waals surface area contributed by atoms with E-state index in [1.165, 1.54) is 29.7 Å². The number of likely N-dealkylation sites (tertiary alicyclic amines) is 1. The lowest BCUT2D eigenvalue weighted by Gasteiger charge is -2.26. The van der Waals surface area contributed by atoms with Gasteiger partial charge in [0, 0.05) is 38.8 Å². The Labute approximate surface area is 335 Å². The predicted octanol–water partition coefficient (Wildman–Crippen LogP) is 7.76. The molecule has 57 heavy (non-hydrogen) atoms. The number of hydrogen-bond acceptors (Lipinski definition) is 9. The number of carbonyl (C=O) groups is 4. The number of methoxy groups -OCH3 is 2. The van der Waals surface area contributed by atoms with Crippen LogP contribution in [0.5, 0.6) is 0 Å². The molecular weight excluding hydrogens is 745 g/mol. The van der Waals surface area contributed by atoms with Gasteiger partial charge in [-0.1, -0.05) is 64.4 Å². The maximum Gasteiger partial charge on any atom is 0.407 e. The highest BCUT2D eigenvalue weighted by Crippen LogP contribution is 2.40. The summed E-state index contributed by atoms with van der Waals surface area (Å²) in [5.74, 6) is 1.28. The van der Waals surface area contributed by atoms with Crippen molar-refractivity contribution in [3.8, 4) is 22.4 Å². The first-order valence-electron chi connectivity index (χ1n) is 19.4. The Balaban J connectivity index is 0.00000270. The third-order valence-corrected chi connectivity index (χ3v) is 11.3. The van der Waals surface area contributed by atoms with Gasteiger partial charge in [0.2, 0.25) is 11.8 Å². The van der Waals surface area contributed by atoms with E-state index in [2.05, 4.69) is 90.5 Å². The van der Waals surface area contributed by atoms with Crippen molar-refractivity contribution in [3.63, 3.8) is 0 Å². The standard InChI is InChI=1S/C40H44N8O6S.C2H6/c1-5-14-47(35(49)20-42-39(51)53-3)22-34-41-19-31(44-34)26-8-11-28-27-10-7-25(17-32(27)55-33(28)18-26)24-9-12-29-30(16-24)46-38(45-29)37-23(6-2)13-15-48(37)36(50)21-43-40(52)54-4;1-2/h7-12,16-19,23,37H,5-6,13-15,20-22H2,1-4H3,(H,41,44)(H,42,51)(H,43,52)(H,45,46);1-2H3/t23-,37+;/m1./s1. The Kier molecular flexibility index (Phi) is 13.1. The quantitative estimate of drug-likeness (QED) is 0.0972. The molecule has 0 saturated carbocycles. The SMILES string of the molecule is CC.CCCN(Cc1ncc(-c2ccc3c(c2)sc2cc(-c4ccc5nc([C@@H]6[C@H](CC)CCN6C(=O)CNC(=O)OC)[nH]c5c4)ccc23)[nH]1)C(=O)CNC(=O)OC. The van der Waals surface area contributed by atoms with Crippen molar-refractivity contribution in [2.45, 2.75) is 59.5 Å². The van der Waals surface area contributed by atoms with Crippen LogP contribution in [0, 0.1) is 5.92 Å². The highest BCUT2D eigenvalue weighted by atomic mass is 32.1. The zero-order valence-electron chi connectivity index (χ0n) is 33.2. The molecule has 0 bridgehead atoms. The number of benzene rings is 3. The molecule has 3 aromatic heterocycles. The van der Waals surface area contributed by atoms with E-state index in [1.54, 1.807) is 22.4 Å².